The molecule has 2 heterocycles. The van der Waals surface area contributed by atoms with Gasteiger partial charge >= 0.3 is 0 Å². The number of amides is 1. The highest BCUT2D eigenvalue weighted by Gasteiger charge is 2.28. The number of carbonyl (C=O) groups excluding carboxylic acids is 1. The average molecular weight is 441 g/mol. The van der Waals surface area contributed by atoms with Gasteiger partial charge in [-0.1, -0.05) is 30.0 Å². The van der Waals surface area contributed by atoms with Crippen molar-refractivity contribution in [1.82, 2.24) is 14.8 Å². The Bertz CT molecular complexity index is 1100. The van der Waals surface area contributed by atoms with E-state index in [2.05, 4.69) is 15.5 Å². The van der Waals surface area contributed by atoms with Gasteiger partial charge in [-0.25, -0.2) is 0 Å². The van der Waals surface area contributed by atoms with Crippen molar-refractivity contribution < 1.29 is 19.0 Å². The van der Waals surface area contributed by atoms with Crippen LogP contribution in [0, 0.1) is 6.92 Å². The summed E-state index contributed by atoms with van der Waals surface area (Å²) < 4.78 is 19.0. The summed E-state index contributed by atoms with van der Waals surface area (Å²) in [6.07, 6.45) is -0.373. The van der Waals surface area contributed by atoms with Crippen molar-refractivity contribution in [3.05, 3.63) is 53.9 Å². The van der Waals surface area contributed by atoms with E-state index in [-0.39, 0.29) is 12.0 Å². The smallest absolute Gasteiger partial charge is 0.237 e. The largest absolute Gasteiger partial charge is 0.495 e. The fourth-order valence-electron chi connectivity index (χ4n) is 3.22. The Balaban J connectivity index is 1.44. The quantitative estimate of drug-likeness (QED) is 0.584. The Morgan fingerprint density at radius 2 is 2.03 bits per heavy atom. The summed E-state index contributed by atoms with van der Waals surface area (Å²) in [4.78, 5) is 12.8. The van der Waals surface area contributed by atoms with Gasteiger partial charge in [-0.05, 0) is 43.7 Å². The molecule has 1 amide bonds. The number of thioether (sulfide) groups is 1. The Hall–Kier alpha value is -3.20. The van der Waals surface area contributed by atoms with Gasteiger partial charge in [0.1, 0.15) is 12.4 Å². The zero-order valence-corrected chi connectivity index (χ0v) is 18.6. The van der Waals surface area contributed by atoms with Gasteiger partial charge in [-0.15, -0.1) is 10.2 Å². The van der Waals surface area contributed by atoms with Gasteiger partial charge in [0, 0.05) is 7.05 Å². The number of carbonyl (C=O) groups is 1. The highest BCUT2D eigenvalue weighted by atomic mass is 32.2. The zero-order valence-electron chi connectivity index (χ0n) is 17.8. The van der Waals surface area contributed by atoms with Crippen molar-refractivity contribution in [3.63, 3.8) is 0 Å². The third-order valence-electron chi connectivity index (χ3n) is 4.93. The van der Waals surface area contributed by atoms with Crippen LogP contribution < -0.4 is 19.5 Å². The first-order valence-corrected chi connectivity index (χ1v) is 10.7. The summed E-state index contributed by atoms with van der Waals surface area (Å²) in [5.41, 5.74) is 1.68. The summed E-state index contributed by atoms with van der Waals surface area (Å²) in [5.74, 6) is 2.50. The fourth-order valence-corrected chi connectivity index (χ4v) is 4.04. The molecule has 0 saturated carbocycles. The number of aromatic nitrogens is 3. The maximum absolute atomic E-state index is 12.8. The van der Waals surface area contributed by atoms with Crippen LogP contribution in [-0.4, -0.2) is 39.6 Å². The van der Waals surface area contributed by atoms with Crippen molar-refractivity contribution in [1.29, 1.82) is 0 Å². The average Bonchev–Trinajstić information content (AvgIpc) is 3.13. The second-order valence-electron chi connectivity index (χ2n) is 7.22. The van der Waals surface area contributed by atoms with Gasteiger partial charge < -0.3 is 24.1 Å². The number of ether oxygens (including phenoxy) is 3. The SMILES string of the molecule is COc1ccc(C)cc1NC(=O)C(C)Sc1nnc(C2COc3ccccc3O2)n1C. The van der Waals surface area contributed by atoms with Gasteiger partial charge in [-0.2, -0.15) is 0 Å². The number of hydrogen-bond acceptors (Lipinski definition) is 7. The van der Waals surface area contributed by atoms with Gasteiger partial charge in [0.25, 0.3) is 0 Å². The standard InChI is InChI=1S/C22H24N4O4S/c1-13-9-10-16(28-4)15(11-13)23-21(27)14(2)31-22-25-24-20(26(22)3)19-12-29-17-7-5-6-8-18(17)30-19/h5-11,14,19H,12H2,1-4H3,(H,23,27). The number of hydrogen-bond donors (Lipinski definition) is 1. The number of nitrogens with one attached hydrogen (secondary N) is 1. The van der Waals surface area contributed by atoms with Crippen LogP contribution in [0.25, 0.3) is 0 Å². The van der Waals surface area contributed by atoms with E-state index in [4.69, 9.17) is 14.2 Å². The van der Waals surface area contributed by atoms with E-state index in [0.717, 1.165) is 5.56 Å². The molecule has 1 aliphatic heterocycles. The molecule has 0 radical (unpaired) electrons. The highest BCUT2D eigenvalue weighted by molar-refractivity contribution is 8.00. The predicted molar refractivity (Wildman–Crippen MR) is 118 cm³/mol. The lowest BCUT2D eigenvalue weighted by Crippen LogP contribution is -2.25. The Morgan fingerprint density at radius 3 is 2.81 bits per heavy atom. The van der Waals surface area contributed by atoms with Crippen molar-refractivity contribution in [2.24, 2.45) is 7.05 Å². The zero-order chi connectivity index (χ0) is 22.0. The van der Waals surface area contributed by atoms with E-state index in [1.54, 1.807) is 7.11 Å². The normalized spacial score (nSPS) is 15.9. The molecule has 31 heavy (non-hydrogen) atoms. The molecule has 0 bridgehead atoms. The lowest BCUT2D eigenvalue weighted by atomic mass is 10.2. The van der Waals surface area contributed by atoms with Crippen molar-refractivity contribution in [3.8, 4) is 17.2 Å². The predicted octanol–water partition coefficient (Wildman–Crippen LogP) is 3.76. The number of methoxy groups -OCH3 is 1. The molecule has 0 aliphatic carbocycles. The van der Waals surface area contributed by atoms with Crippen LogP contribution in [0.15, 0.2) is 47.6 Å². The van der Waals surface area contributed by atoms with Crippen LogP contribution in [0.5, 0.6) is 17.2 Å². The number of fused-ring (bicyclic) bond motifs is 1. The van der Waals surface area contributed by atoms with E-state index in [1.165, 1.54) is 11.8 Å². The second-order valence-corrected chi connectivity index (χ2v) is 8.53. The van der Waals surface area contributed by atoms with Gasteiger partial charge in [0.05, 0.1) is 18.0 Å². The van der Waals surface area contributed by atoms with E-state index in [0.29, 0.717) is 40.5 Å². The number of anilines is 1. The van der Waals surface area contributed by atoms with Crippen molar-refractivity contribution in [2.75, 3.05) is 19.0 Å². The molecule has 8 nitrogen and oxygen atoms in total. The summed E-state index contributed by atoms with van der Waals surface area (Å²) in [7, 11) is 3.44. The molecule has 162 valence electrons. The van der Waals surface area contributed by atoms with Gasteiger partial charge in [0.15, 0.2) is 28.6 Å². The first kappa shape index (κ1) is 21.0. The molecule has 1 N–H and O–H groups in total. The molecule has 9 heteroatoms. The van der Waals surface area contributed by atoms with E-state index < -0.39 is 5.25 Å². The lowest BCUT2D eigenvalue weighted by molar-refractivity contribution is -0.115. The van der Waals surface area contributed by atoms with Crippen LogP contribution in [0.3, 0.4) is 0 Å². The van der Waals surface area contributed by atoms with Crippen LogP contribution in [0.2, 0.25) is 0 Å². The third kappa shape index (κ3) is 4.46. The third-order valence-corrected chi connectivity index (χ3v) is 6.06. The molecular formula is C22H24N4O4S. The molecule has 1 aliphatic rings. The van der Waals surface area contributed by atoms with E-state index in [1.807, 2.05) is 67.9 Å². The van der Waals surface area contributed by atoms with Gasteiger partial charge in [-0.3, -0.25) is 4.79 Å². The summed E-state index contributed by atoms with van der Waals surface area (Å²) >= 11 is 1.33. The highest BCUT2D eigenvalue weighted by Crippen LogP contribution is 2.36. The minimum absolute atomic E-state index is 0.148. The first-order chi connectivity index (χ1) is 15.0. The van der Waals surface area contributed by atoms with E-state index >= 15 is 0 Å². The Labute approximate surface area is 184 Å². The summed E-state index contributed by atoms with van der Waals surface area (Å²) in [6.45, 7) is 4.13. The number of nitrogens with zero attached hydrogens (tertiary/aromatic N) is 3. The van der Waals surface area contributed by atoms with Crippen LogP contribution in [0.4, 0.5) is 5.69 Å². The summed E-state index contributed by atoms with van der Waals surface area (Å²) in [5, 5.41) is 11.7. The summed E-state index contributed by atoms with van der Waals surface area (Å²) in [6, 6.07) is 13.2. The molecule has 0 saturated heterocycles. The number of rotatable bonds is 6. The number of aryl methyl sites for hydroxylation is 1. The van der Waals surface area contributed by atoms with Crippen LogP contribution in [0.1, 0.15) is 24.4 Å². The molecule has 2 atom stereocenters. The minimum Gasteiger partial charge on any atom is -0.495 e. The van der Waals surface area contributed by atoms with Crippen molar-refractivity contribution >= 4 is 23.4 Å². The van der Waals surface area contributed by atoms with Gasteiger partial charge in [0.2, 0.25) is 5.91 Å². The second kappa shape index (κ2) is 8.89. The van der Waals surface area contributed by atoms with E-state index in [9.17, 15) is 4.79 Å². The molecule has 2 unspecified atom stereocenters. The molecular weight excluding hydrogens is 416 g/mol. The molecule has 0 fully saturated rings. The maximum atomic E-state index is 12.8. The fraction of sp³-hybridized carbons (Fsp3) is 0.318. The van der Waals surface area contributed by atoms with Crippen molar-refractivity contribution in [2.45, 2.75) is 30.4 Å². The molecule has 0 spiro atoms. The number of para-hydroxylation sites is 2. The molecule has 1 aromatic heterocycles. The topological polar surface area (TPSA) is 87.5 Å². The Kier molecular flexibility index (Phi) is 6.03. The maximum Gasteiger partial charge on any atom is 0.237 e. The lowest BCUT2D eigenvalue weighted by Gasteiger charge is -2.25. The molecule has 4 rings (SSSR count). The minimum atomic E-state index is -0.398. The number of benzene rings is 2. The first-order valence-electron chi connectivity index (χ1n) is 9.86. The molecule has 3 aromatic rings. The van der Waals surface area contributed by atoms with Crippen LogP contribution >= 0.6 is 11.8 Å². The monoisotopic (exact) mass is 440 g/mol. The van der Waals surface area contributed by atoms with Crippen LogP contribution in [-0.2, 0) is 11.8 Å². The molecule has 2 aromatic carbocycles. The Morgan fingerprint density at radius 1 is 1.26 bits per heavy atom.